The van der Waals surface area contributed by atoms with Gasteiger partial charge in [-0.3, -0.25) is 0 Å². The zero-order valence-electron chi connectivity index (χ0n) is 15.0. The second-order valence-electron chi connectivity index (χ2n) is 6.01. The molecule has 29 heavy (non-hydrogen) atoms. The molecule has 2 aromatic heterocycles. The van der Waals surface area contributed by atoms with Crippen molar-refractivity contribution in [3.8, 4) is 17.0 Å². The maximum atomic E-state index is 11.4. The number of hydrogen-bond donors (Lipinski definition) is 3. The van der Waals surface area contributed by atoms with Crippen LogP contribution in [0.4, 0.5) is 10.8 Å². The molecule has 0 saturated heterocycles. The molecule has 0 unspecified atom stereocenters. The molecule has 0 saturated carbocycles. The van der Waals surface area contributed by atoms with Crippen LogP contribution in [0.2, 0.25) is 0 Å². The van der Waals surface area contributed by atoms with Gasteiger partial charge in [0.15, 0.2) is 15.5 Å². The van der Waals surface area contributed by atoms with Gasteiger partial charge >= 0.3 is 0 Å². The smallest absolute Gasteiger partial charge is 0.238 e. The summed E-state index contributed by atoms with van der Waals surface area (Å²) in [5.41, 5.74) is 2.94. The Morgan fingerprint density at radius 3 is 2.41 bits per heavy atom. The Hall–Kier alpha value is -2.86. The molecule has 0 spiro atoms. The lowest BCUT2D eigenvalue weighted by atomic mass is 10.1. The minimum atomic E-state index is -3.73. The summed E-state index contributed by atoms with van der Waals surface area (Å²) in [5.74, 6) is 0.757. The predicted octanol–water partition coefficient (Wildman–Crippen LogP) is 3.82. The van der Waals surface area contributed by atoms with E-state index in [0.29, 0.717) is 21.2 Å². The van der Waals surface area contributed by atoms with Gasteiger partial charge in [-0.1, -0.05) is 11.3 Å². The number of fused-ring (bicyclic) bond motifs is 1. The van der Waals surface area contributed by atoms with Gasteiger partial charge in [0, 0.05) is 5.69 Å². The highest BCUT2D eigenvalue weighted by Crippen LogP contribution is 2.34. The molecule has 0 fully saturated rings. The fourth-order valence-electron chi connectivity index (χ4n) is 2.70. The van der Waals surface area contributed by atoms with Crippen molar-refractivity contribution in [1.82, 2.24) is 15.0 Å². The Labute approximate surface area is 175 Å². The molecule has 0 aliphatic carbocycles. The third kappa shape index (κ3) is 4.12. The number of ether oxygens (including phenoxy) is 1. The highest BCUT2D eigenvalue weighted by atomic mass is 32.2. The maximum Gasteiger partial charge on any atom is 0.238 e. The first-order valence-corrected chi connectivity index (χ1v) is 11.1. The van der Waals surface area contributed by atoms with Crippen LogP contribution in [0, 0.1) is 4.77 Å². The quantitative estimate of drug-likeness (QED) is 0.399. The average molecular weight is 446 g/mol. The van der Waals surface area contributed by atoms with E-state index in [0.717, 1.165) is 21.7 Å². The second kappa shape index (κ2) is 7.52. The molecule has 2 heterocycles. The van der Waals surface area contributed by atoms with Crippen LogP contribution in [-0.2, 0) is 10.0 Å². The van der Waals surface area contributed by atoms with E-state index < -0.39 is 10.0 Å². The molecule has 8 nitrogen and oxygen atoms in total. The zero-order valence-corrected chi connectivity index (χ0v) is 17.5. The largest absolute Gasteiger partial charge is 0.497 e. The molecule has 0 bridgehead atoms. The van der Waals surface area contributed by atoms with E-state index in [4.69, 9.17) is 22.1 Å². The van der Waals surface area contributed by atoms with Gasteiger partial charge in [0.2, 0.25) is 10.0 Å². The fourth-order valence-corrected chi connectivity index (χ4v) is 4.36. The van der Waals surface area contributed by atoms with Crippen LogP contribution in [0.3, 0.4) is 0 Å². The van der Waals surface area contributed by atoms with Crippen LogP contribution in [0.5, 0.6) is 5.75 Å². The van der Waals surface area contributed by atoms with E-state index in [1.165, 1.54) is 23.5 Å². The van der Waals surface area contributed by atoms with E-state index in [-0.39, 0.29) is 4.90 Å². The van der Waals surface area contributed by atoms with Gasteiger partial charge in [0.25, 0.3) is 0 Å². The van der Waals surface area contributed by atoms with Crippen LogP contribution >= 0.6 is 23.6 Å². The Morgan fingerprint density at radius 1 is 1.10 bits per heavy atom. The summed E-state index contributed by atoms with van der Waals surface area (Å²) in [6, 6.07) is 13.7. The molecular formula is C18H15N5O3S3. The lowest BCUT2D eigenvalue weighted by Crippen LogP contribution is -2.11. The molecule has 4 N–H and O–H groups in total. The van der Waals surface area contributed by atoms with Gasteiger partial charge in [-0.05, 0) is 66.3 Å². The van der Waals surface area contributed by atoms with E-state index in [1.807, 2.05) is 24.3 Å². The predicted molar refractivity (Wildman–Crippen MR) is 116 cm³/mol. The molecule has 0 amide bonds. The molecular weight excluding hydrogens is 430 g/mol. The summed E-state index contributed by atoms with van der Waals surface area (Å²) in [4.78, 5) is 12.0. The molecule has 148 valence electrons. The number of nitrogens with two attached hydrogens (primary N) is 1. The number of benzene rings is 2. The first kappa shape index (κ1) is 19.5. The normalized spacial score (nSPS) is 11.5. The van der Waals surface area contributed by atoms with E-state index >= 15 is 0 Å². The molecule has 0 radical (unpaired) electrons. The molecule has 2 aromatic carbocycles. The van der Waals surface area contributed by atoms with Gasteiger partial charge in [-0.2, -0.15) is 9.97 Å². The number of nitrogens with one attached hydrogen (secondary N) is 2. The lowest BCUT2D eigenvalue weighted by Gasteiger charge is -2.04. The van der Waals surface area contributed by atoms with E-state index in [9.17, 15) is 8.42 Å². The van der Waals surface area contributed by atoms with Crippen molar-refractivity contribution in [2.45, 2.75) is 4.90 Å². The molecule has 0 aliphatic heterocycles. The average Bonchev–Trinajstić information content (AvgIpc) is 3.09. The number of H-pyrrole nitrogens is 1. The lowest BCUT2D eigenvalue weighted by molar-refractivity contribution is 0.415. The Morgan fingerprint density at radius 2 is 1.79 bits per heavy atom. The maximum absolute atomic E-state index is 11.4. The molecule has 4 rings (SSSR count). The number of sulfonamides is 1. The number of primary sulfonamides is 1. The second-order valence-corrected chi connectivity index (χ2v) is 8.96. The number of aromatic amines is 1. The molecule has 0 aliphatic rings. The van der Waals surface area contributed by atoms with Gasteiger partial charge in [0.1, 0.15) is 5.75 Å². The van der Waals surface area contributed by atoms with Crippen LogP contribution < -0.4 is 15.2 Å². The Kier molecular flexibility index (Phi) is 5.04. The summed E-state index contributed by atoms with van der Waals surface area (Å²) in [7, 11) is -2.12. The van der Waals surface area contributed by atoms with Crippen molar-refractivity contribution in [3.63, 3.8) is 0 Å². The summed E-state index contributed by atoms with van der Waals surface area (Å²) in [6.45, 7) is 0. The van der Waals surface area contributed by atoms with Crippen LogP contribution in [0.25, 0.3) is 21.6 Å². The number of anilines is 2. The monoisotopic (exact) mass is 445 g/mol. The van der Waals surface area contributed by atoms with Gasteiger partial charge in [0.05, 0.1) is 22.4 Å². The van der Waals surface area contributed by atoms with Crippen LogP contribution in [-0.4, -0.2) is 30.5 Å². The number of aromatic nitrogens is 3. The number of methoxy groups -OCH3 is 1. The van der Waals surface area contributed by atoms with Crippen molar-refractivity contribution in [3.05, 3.63) is 53.3 Å². The van der Waals surface area contributed by atoms with Gasteiger partial charge in [-0.25, -0.2) is 13.6 Å². The van der Waals surface area contributed by atoms with Crippen molar-refractivity contribution < 1.29 is 13.2 Å². The minimum Gasteiger partial charge on any atom is -0.497 e. The van der Waals surface area contributed by atoms with Crippen molar-refractivity contribution in [1.29, 1.82) is 0 Å². The summed E-state index contributed by atoms with van der Waals surface area (Å²) in [5, 5.41) is 8.88. The Balaban J connectivity index is 1.71. The highest BCUT2D eigenvalue weighted by Gasteiger charge is 2.13. The number of rotatable bonds is 5. The first-order chi connectivity index (χ1) is 13.8. The van der Waals surface area contributed by atoms with Crippen LogP contribution in [0.15, 0.2) is 53.4 Å². The van der Waals surface area contributed by atoms with Crippen molar-refractivity contribution in [2.75, 3.05) is 12.4 Å². The third-order valence-corrected chi connectivity index (χ3v) is 6.19. The molecule has 0 atom stereocenters. The van der Waals surface area contributed by atoms with E-state index in [1.54, 1.807) is 19.2 Å². The zero-order chi connectivity index (χ0) is 20.6. The standard InChI is InChI=1S/C18H15N5O3S3/c1-26-12-6-2-10(3-7-12)14-15-16(22-17(27)21-14)23-18(28-15)20-11-4-8-13(9-5-11)29(19,24)25/h2-9H,1H3,(H2,19,24,25)(H2,20,21,22,23,27). The van der Waals surface area contributed by atoms with Gasteiger partial charge in [-0.15, -0.1) is 0 Å². The molecule has 4 aromatic rings. The van der Waals surface area contributed by atoms with Crippen molar-refractivity contribution >= 4 is 54.7 Å². The van der Waals surface area contributed by atoms with Crippen LogP contribution in [0.1, 0.15) is 0 Å². The SMILES string of the molecule is COc1ccc(-c2[nH]c(=S)nc3nc(Nc4ccc(S(N)(=O)=O)cc4)sc23)cc1. The Bertz CT molecular complexity index is 1340. The fraction of sp³-hybridized carbons (Fsp3) is 0.0556. The number of hydrogen-bond acceptors (Lipinski definition) is 8. The van der Waals surface area contributed by atoms with E-state index in [2.05, 4.69) is 20.3 Å². The summed E-state index contributed by atoms with van der Waals surface area (Å²) in [6.07, 6.45) is 0. The number of thiazole rings is 1. The number of nitrogens with zero attached hydrogens (tertiary/aromatic N) is 2. The minimum absolute atomic E-state index is 0.0427. The summed E-state index contributed by atoms with van der Waals surface area (Å²) < 4.78 is 29.1. The first-order valence-electron chi connectivity index (χ1n) is 8.29. The highest BCUT2D eigenvalue weighted by molar-refractivity contribution is 7.89. The summed E-state index contributed by atoms with van der Waals surface area (Å²) >= 11 is 6.65. The molecule has 11 heteroatoms. The van der Waals surface area contributed by atoms with Crippen molar-refractivity contribution in [2.24, 2.45) is 5.14 Å². The third-order valence-electron chi connectivity index (χ3n) is 4.09. The topological polar surface area (TPSA) is 123 Å². The van der Waals surface area contributed by atoms with Gasteiger partial charge < -0.3 is 15.0 Å².